The normalized spacial score (nSPS) is 12.1. The first-order valence-electron chi connectivity index (χ1n) is 13.3. The largest absolute Gasteiger partial charge is 0.309 e. The highest BCUT2D eigenvalue weighted by Gasteiger charge is 2.21. The minimum absolute atomic E-state index is 1.19. The standard InChI is InChI=1S/C36H22N2S/c1-3-11-23(12-4-1)37-30-17-9-7-15-25(30)27-21-22-32-33(34(27)37)29-20-19-28-26-16-8-10-18-31(26)38(35(28)36(29)39-32)24-13-5-2-6-14-24/h1-22H. The second-order valence-corrected chi connectivity index (χ2v) is 11.2. The summed E-state index contributed by atoms with van der Waals surface area (Å²) in [5, 5.41) is 7.82. The Balaban J connectivity index is 1.53. The van der Waals surface area contributed by atoms with E-state index in [9.17, 15) is 0 Å². The van der Waals surface area contributed by atoms with Crippen molar-refractivity contribution in [3.05, 3.63) is 133 Å². The molecule has 3 heterocycles. The number of nitrogens with zero attached hydrogens (tertiary/aromatic N) is 2. The van der Waals surface area contributed by atoms with E-state index in [1.54, 1.807) is 0 Å². The predicted octanol–water partition coefficient (Wildman–Crippen LogP) is 10.2. The maximum Gasteiger partial charge on any atom is 0.0719 e. The first-order chi connectivity index (χ1) is 19.4. The lowest BCUT2D eigenvalue weighted by Crippen LogP contribution is -1.94. The fraction of sp³-hybridized carbons (Fsp3) is 0. The number of hydrogen-bond donors (Lipinski definition) is 0. The summed E-state index contributed by atoms with van der Waals surface area (Å²) in [4.78, 5) is 0. The molecule has 0 atom stereocenters. The summed E-state index contributed by atoms with van der Waals surface area (Å²) in [5.41, 5.74) is 7.44. The van der Waals surface area contributed by atoms with Crippen LogP contribution < -0.4 is 0 Å². The molecular weight excluding hydrogens is 492 g/mol. The van der Waals surface area contributed by atoms with Gasteiger partial charge in [-0.3, -0.25) is 0 Å². The van der Waals surface area contributed by atoms with Crippen LogP contribution in [0.1, 0.15) is 0 Å². The molecule has 6 aromatic carbocycles. The van der Waals surface area contributed by atoms with Crippen LogP contribution in [0, 0.1) is 0 Å². The molecule has 3 heteroatoms. The zero-order valence-electron chi connectivity index (χ0n) is 21.0. The van der Waals surface area contributed by atoms with Crippen molar-refractivity contribution in [2.45, 2.75) is 0 Å². The third kappa shape index (κ3) is 2.80. The Morgan fingerprint density at radius 2 is 0.872 bits per heavy atom. The summed E-state index contributed by atoms with van der Waals surface area (Å²) in [6.07, 6.45) is 0. The number of fused-ring (bicyclic) bond motifs is 11. The van der Waals surface area contributed by atoms with Crippen molar-refractivity contribution in [2.24, 2.45) is 0 Å². The maximum atomic E-state index is 2.45. The van der Waals surface area contributed by atoms with Crippen LogP contribution in [0.5, 0.6) is 0 Å². The smallest absolute Gasteiger partial charge is 0.0719 e. The van der Waals surface area contributed by atoms with Crippen LogP contribution in [-0.4, -0.2) is 9.13 Å². The SMILES string of the molecule is c1ccc(-n2c3ccccc3c3ccc4c(sc5ccc6c7ccccc7n(-c7ccccc7)c6c54)c32)cc1. The van der Waals surface area contributed by atoms with Crippen LogP contribution in [0.4, 0.5) is 0 Å². The van der Waals surface area contributed by atoms with Gasteiger partial charge in [-0.1, -0.05) is 91.0 Å². The average Bonchev–Trinajstić information content (AvgIpc) is 3.65. The highest BCUT2D eigenvalue weighted by Crippen LogP contribution is 2.46. The van der Waals surface area contributed by atoms with E-state index in [0.29, 0.717) is 0 Å². The number of thiophene rings is 1. The predicted molar refractivity (Wildman–Crippen MR) is 168 cm³/mol. The molecule has 0 saturated carbocycles. The average molecular weight is 515 g/mol. The third-order valence-corrected chi connectivity index (χ3v) is 9.28. The van der Waals surface area contributed by atoms with Crippen LogP contribution in [0.15, 0.2) is 133 Å². The molecule has 0 N–H and O–H groups in total. The van der Waals surface area contributed by atoms with Gasteiger partial charge in [0.15, 0.2) is 0 Å². The van der Waals surface area contributed by atoms with Gasteiger partial charge in [-0.15, -0.1) is 11.3 Å². The third-order valence-electron chi connectivity index (χ3n) is 8.10. The van der Waals surface area contributed by atoms with Gasteiger partial charge in [0, 0.05) is 48.4 Å². The number of hydrogen-bond acceptors (Lipinski definition) is 1. The molecule has 0 unspecified atom stereocenters. The topological polar surface area (TPSA) is 9.86 Å². The quantitative estimate of drug-likeness (QED) is 0.217. The van der Waals surface area contributed by atoms with Gasteiger partial charge in [0.2, 0.25) is 0 Å². The number of rotatable bonds is 2. The Morgan fingerprint density at radius 1 is 0.385 bits per heavy atom. The molecule has 0 aliphatic heterocycles. The number of aromatic nitrogens is 2. The second-order valence-electron chi connectivity index (χ2n) is 10.2. The highest BCUT2D eigenvalue weighted by molar-refractivity contribution is 7.26. The minimum Gasteiger partial charge on any atom is -0.309 e. The van der Waals surface area contributed by atoms with Crippen molar-refractivity contribution in [3.63, 3.8) is 0 Å². The van der Waals surface area contributed by atoms with Gasteiger partial charge in [-0.05, 0) is 42.5 Å². The molecule has 9 rings (SSSR count). The summed E-state index contributed by atoms with van der Waals surface area (Å²) in [6.45, 7) is 0. The minimum atomic E-state index is 1.19. The van der Waals surface area contributed by atoms with Crippen LogP contribution in [-0.2, 0) is 0 Å². The molecule has 0 spiro atoms. The fourth-order valence-corrected chi connectivity index (χ4v) is 7.76. The summed E-state index contributed by atoms with van der Waals surface area (Å²) in [5.74, 6) is 0. The summed E-state index contributed by atoms with van der Waals surface area (Å²) in [7, 11) is 0. The maximum absolute atomic E-state index is 2.45. The monoisotopic (exact) mass is 514 g/mol. The summed E-state index contributed by atoms with van der Waals surface area (Å²) < 4.78 is 7.55. The molecule has 39 heavy (non-hydrogen) atoms. The van der Waals surface area contributed by atoms with E-state index in [0.717, 1.165) is 0 Å². The second kappa shape index (κ2) is 7.83. The molecule has 9 aromatic rings. The molecule has 0 fully saturated rings. The lowest BCUT2D eigenvalue weighted by Gasteiger charge is -2.09. The van der Waals surface area contributed by atoms with E-state index < -0.39 is 0 Å². The number of para-hydroxylation sites is 4. The van der Waals surface area contributed by atoms with Gasteiger partial charge in [0.1, 0.15) is 0 Å². The van der Waals surface area contributed by atoms with E-state index in [-0.39, 0.29) is 0 Å². The molecule has 182 valence electrons. The van der Waals surface area contributed by atoms with Gasteiger partial charge in [0.05, 0.1) is 26.8 Å². The van der Waals surface area contributed by atoms with Crippen molar-refractivity contribution >= 4 is 75.1 Å². The molecule has 0 radical (unpaired) electrons. The molecule has 0 amide bonds. The van der Waals surface area contributed by atoms with Gasteiger partial charge < -0.3 is 9.13 Å². The van der Waals surface area contributed by atoms with Crippen molar-refractivity contribution in [3.8, 4) is 11.4 Å². The Kier molecular flexibility index (Phi) is 4.24. The highest BCUT2D eigenvalue weighted by atomic mass is 32.1. The Labute approximate surface area is 228 Å². The van der Waals surface area contributed by atoms with Crippen molar-refractivity contribution in [1.82, 2.24) is 9.13 Å². The molecule has 0 aliphatic carbocycles. The van der Waals surface area contributed by atoms with E-state index in [1.807, 2.05) is 11.3 Å². The Bertz CT molecular complexity index is 2370. The zero-order chi connectivity index (χ0) is 25.5. The van der Waals surface area contributed by atoms with Crippen LogP contribution in [0.3, 0.4) is 0 Å². The Hall–Kier alpha value is -4.86. The van der Waals surface area contributed by atoms with Gasteiger partial charge in [-0.2, -0.15) is 0 Å². The van der Waals surface area contributed by atoms with Crippen molar-refractivity contribution in [2.75, 3.05) is 0 Å². The summed E-state index contributed by atoms with van der Waals surface area (Å²) in [6, 6.07) is 48.4. The van der Waals surface area contributed by atoms with Crippen LogP contribution in [0.2, 0.25) is 0 Å². The molecule has 0 saturated heterocycles. The first-order valence-corrected chi connectivity index (χ1v) is 14.1. The van der Waals surface area contributed by atoms with Gasteiger partial charge >= 0.3 is 0 Å². The van der Waals surface area contributed by atoms with E-state index >= 15 is 0 Å². The zero-order valence-corrected chi connectivity index (χ0v) is 21.8. The van der Waals surface area contributed by atoms with E-state index in [2.05, 4.69) is 143 Å². The lowest BCUT2D eigenvalue weighted by molar-refractivity contribution is 1.19. The first kappa shape index (κ1) is 21.1. The molecule has 3 aromatic heterocycles. The molecule has 0 aliphatic rings. The Morgan fingerprint density at radius 3 is 1.51 bits per heavy atom. The molecular formula is C36H22N2S. The van der Waals surface area contributed by atoms with Crippen LogP contribution in [0.25, 0.3) is 75.2 Å². The van der Waals surface area contributed by atoms with E-state index in [4.69, 9.17) is 0 Å². The van der Waals surface area contributed by atoms with E-state index in [1.165, 1.54) is 75.2 Å². The summed E-state index contributed by atoms with van der Waals surface area (Å²) >= 11 is 1.91. The molecule has 0 bridgehead atoms. The lowest BCUT2D eigenvalue weighted by atomic mass is 10.1. The number of benzene rings is 6. The van der Waals surface area contributed by atoms with Crippen molar-refractivity contribution in [1.29, 1.82) is 0 Å². The molecule has 2 nitrogen and oxygen atoms in total. The van der Waals surface area contributed by atoms with Gasteiger partial charge in [-0.25, -0.2) is 0 Å². The van der Waals surface area contributed by atoms with Gasteiger partial charge in [0.25, 0.3) is 0 Å². The fourth-order valence-electron chi connectivity index (χ4n) is 6.51. The van der Waals surface area contributed by atoms with Crippen LogP contribution >= 0.6 is 11.3 Å². The van der Waals surface area contributed by atoms with Crippen molar-refractivity contribution < 1.29 is 0 Å².